The largest absolute Gasteiger partial charge is 0.507 e. The van der Waals surface area contributed by atoms with E-state index in [4.69, 9.17) is 0 Å². The van der Waals surface area contributed by atoms with Crippen molar-refractivity contribution < 1.29 is 9.90 Å². The number of phenols is 1. The summed E-state index contributed by atoms with van der Waals surface area (Å²) < 4.78 is 0. The molecule has 0 bridgehead atoms. The van der Waals surface area contributed by atoms with Gasteiger partial charge in [-0.2, -0.15) is 0 Å². The molecule has 0 amide bonds. The minimum atomic E-state index is -0.239. The van der Waals surface area contributed by atoms with Gasteiger partial charge in [0.15, 0.2) is 5.78 Å². The molecule has 0 aliphatic rings. The van der Waals surface area contributed by atoms with Gasteiger partial charge in [-0.05, 0) is 22.5 Å². The molecule has 23 heavy (non-hydrogen) atoms. The Balaban J connectivity index is 2.70. The number of ketones is 1. The van der Waals surface area contributed by atoms with Crippen LogP contribution in [0.15, 0.2) is 42.5 Å². The zero-order valence-corrected chi connectivity index (χ0v) is 14.9. The first-order chi connectivity index (χ1) is 10.5. The number of aromatic hydroxyl groups is 1. The van der Waals surface area contributed by atoms with Gasteiger partial charge in [0.1, 0.15) is 5.75 Å². The van der Waals surface area contributed by atoms with Crippen molar-refractivity contribution >= 4 is 5.78 Å². The molecule has 2 aromatic carbocycles. The van der Waals surface area contributed by atoms with Crippen LogP contribution in [0.4, 0.5) is 0 Å². The molecule has 0 radical (unpaired) electrons. The van der Waals surface area contributed by atoms with Gasteiger partial charge < -0.3 is 5.11 Å². The topological polar surface area (TPSA) is 37.3 Å². The Morgan fingerprint density at radius 3 is 1.91 bits per heavy atom. The summed E-state index contributed by atoms with van der Waals surface area (Å²) >= 11 is 0. The van der Waals surface area contributed by atoms with Gasteiger partial charge >= 0.3 is 0 Å². The number of carbonyl (C=O) groups excluding carboxylic acids is 1. The second-order valence-corrected chi connectivity index (χ2v) is 8.12. The lowest BCUT2D eigenvalue weighted by Crippen LogP contribution is -2.18. The van der Waals surface area contributed by atoms with Crippen LogP contribution in [0.2, 0.25) is 0 Å². The number of hydrogen-bond acceptors (Lipinski definition) is 2. The van der Waals surface area contributed by atoms with E-state index in [1.54, 1.807) is 12.1 Å². The summed E-state index contributed by atoms with van der Waals surface area (Å²) in [5.74, 6) is -0.0425. The summed E-state index contributed by atoms with van der Waals surface area (Å²) in [6, 6.07) is 13.0. The average Bonchev–Trinajstić information content (AvgIpc) is 2.45. The highest BCUT2D eigenvalue weighted by Gasteiger charge is 2.27. The van der Waals surface area contributed by atoms with Gasteiger partial charge in [-0.1, -0.05) is 77.9 Å². The maximum atomic E-state index is 12.9. The fraction of sp³-hybridized carbons (Fsp3) is 0.381. The Kier molecular flexibility index (Phi) is 4.39. The number of benzene rings is 2. The fourth-order valence-corrected chi connectivity index (χ4v) is 2.56. The number of phenolic OH excluding ortho intramolecular Hbond substituents is 1. The Morgan fingerprint density at radius 1 is 0.870 bits per heavy atom. The molecule has 0 spiro atoms. The molecule has 0 aliphatic carbocycles. The fourth-order valence-electron chi connectivity index (χ4n) is 2.56. The van der Waals surface area contributed by atoms with Gasteiger partial charge in [0.25, 0.3) is 0 Å². The molecule has 0 saturated carbocycles. The average molecular weight is 310 g/mol. The van der Waals surface area contributed by atoms with E-state index in [1.165, 1.54) is 0 Å². The molecule has 0 aliphatic heterocycles. The molecule has 0 saturated heterocycles. The van der Waals surface area contributed by atoms with Crippen molar-refractivity contribution in [1.29, 1.82) is 0 Å². The van der Waals surface area contributed by atoms with Crippen molar-refractivity contribution in [2.75, 3.05) is 0 Å². The van der Waals surface area contributed by atoms with Crippen LogP contribution in [0.25, 0.3) is 0 Å². The second-order valence-electron chi connectivity index (χ2n) is 8.12. The predicted octanol–water partition coefficient (Wildman–Crippen LogP) is 5.22. The monoisotopic (exact) mass is 310 g/mol. The van der Waals surface area contributed by atoms with Crippen molar-refractivity contribution in [2.24, 2.45) is 0 Å². The van der Waals surface area contributed by atoms with Crippen LogP contribution in [0, 0.1) is 0 Å². The quantitative estimate of drug-likeness (QED) is 0.772. The van der Waals surface area contributed by atoms with Gasteiger partial charge in [-0.15, -0.1) is 0 Å². The lowest BCUT2D eigenvalue weighted by molar-refractivity contribution is 0.103. The number of hydrogen-bond donors (Lipinski definition) is 1. The minimum Gasteiger partial charge on any atom is -0.507 e. The highest BCUT2D eigenvalue weighted by molar-refractivity contribution is 6.11. The van der Waals surface area contributed by atoms with Gasteiger partial charge in [0.05, 0.1) is 5.56 Å². The molecule has 0 unspecified atom stereocenters. The molecule has 0 heterocycles. The highest BCUT2D eigenvalue weighted by atomic mass is 16.3. The zero-order chi connectivity index (χ0) is 17.4. The molecule has 0 aromatic heterocycles. The van der Waals surface area contributed by atoms with Crippen LogP contribution < -0.4 is 0 Å². The van der Waals surface area contributed by atoms with Crippen LogP contribution in [-0.4, -0.2) is 10.9 Å². The van der Waals surface area contributed by atoms with E-state index < -0.39 is 0 Å². The van der Waals surface area contributed by atoms with E-state index in [2.05, 4.69) is 20.8 Å². The van der Waals surface area contributed by atoms with Gasteiger partial charge in [-0.25, -0.2) is 0 Å². The molecular weight excluding hydrogens is 284 g/mol. The highest BCUT2D eigenvalue weighted by Crippen LogP contribution is 2.38. The maximum Gasteiger partial charge on any atom is 0.196 e. The third-order valence-corrected chi connectivity index (χ3v) is 4.06. The normalized spacial score (nSPS) is 12.3. The van der Waals surface area contributed by atoms with Crippen LogP contribution in [-0.2, 0) is 10.8 Å². The first-order valence-corrected chi connectivity index (χ1v) is 7.99. The van der Waals surface area contributed by atoms with E-state index >= 15 is 0 Å². The Labute approximate surface area is 139 Å². The summed E-state index contributed by atoms with van der Waals surface area (Å²) in [5.41, 5.74) is 2.50. The standard InChI is InChI=1S/C21H26O2/c1-20(2,3)15-12-16(18(22)14-10-8-7-9-11-14)19(23)17(13-15)21(4,5)6/h7-13,23H,1-6H3. The molecule has 2 aromatic rings. The first kappa shape index (κ1) is 17.3. The molecule has 122 valence electrons. The molecule has 2 nitrogen and oxygen atoms in total. The second kappa shape index (κ2) is 5.84. The third-order valence-electron chi connectivity index (χ3n) is 4.06. The lowest BCUT2D eigenvalue weighted by atomic mass is 9.78. The minimum absolute atomic E-state index is 0.0966. The molecule has 0 fully saturated rings. The Bertz CT molecular complexity index is 714. The molecule has 0 atom stereocenters. The van der Waals surface area contributed by atoms with E-state index in [1.807, 2.05) is 51.1 Å². The number of rotatable bonds is 2. The van der Waals surface area contributed by atoms with E-state index in [0.29, 0.717) is 11.1 Å². The van der Waals surface area contributed by atoms with Crippen LogP contribution in [0.5, 0.6) is 5.75 Å². The van der Waals surface area contributed by atoms with Crippen molar-refractivity contribution in [3.8, 4) is 5.75 Å². The van der Waals surface area contributed by atoms with Crippen molar-refractivity contribution in [2.45, 2.75) is 52.4 Å². The molecule has 2 rings (SSSR count). The van der Waals surface area contributed by atoms with E-state index in [-0.39, 0.29) is 22.4 Å². The Morgan fingerprint density at radius 2 is 1.43 bits per heavy atom. The summed E-state index contributed by atoms with van der Waals surface area (Å²) in [5, 5.41) is 10.7. The summed E-state index contributed by atoms with van der Waals surface area (Å²) in [6.45, 7) is 12.5. The van der Waals surface area contributed by atoms with E-state index in [0.717, 1.165) is 11.1 Å². The summed E-state index contributed by atoms with van der Waals surface area (Å²) in [7, 11) is 0. The maximum absolute atomic E-state index is 12.9. The van der Waals surface area contributed by atoms with E-state index in [9.17, 15) is 9.90 Å². The van der Waals surface area contributed by atoms with Crippen molar-refractivity contribution in [1.82, 2.24) is 0 Å². The first-order valence-electron chi connectivity index (χ1n) is 7.99. The van der Waals surface area contributed by atoms with Gasteiger partial charge in [0.2, 0.25) is 0 Å². The molecule has 1 N–H and O–H groups in total. The molecule has 2 heteroatoms. The third kappa shape index (κ3) is 3.64. The lowest BCUT2D eigenvalue weighted by Gasteiger charge is -2.27. The van der Waals surface area contributed by atoms with Crippen LogP contribution >= 0.6 is 0 Å². The Hall–Kier alpha value is -2.09. The molecular formula is C21H26O2. The van der Waals surface area contributed by atoms with Crippen molar-refractivity contribution in [3.05, 3.63) is 64.7 Å². The summed E-state index contributed by atoms with van der Waals surface area (Å²) in [4.78, 5) is 12.9. The van der Waals surface area contributed by atoms with Crippen LogP contribution in [0.3, 0.4) is 0 Å². The van der Waals surface area contributed by atoms with Crippen molar-refractivity contribution in [3.63, 3.8) is 0 Å². The SMILES string of the molecule is CC(C)(C)c1cc(C(=O)c2ccccc2)c(O)c(C(C)(C)C)c1. The van der Waals surface area contributed by atoms with Crippen LogP contribution in [0.1, 0.15) is 68.6 Å². The van der Waals surface area contributed by atoms with Gasteiger partial charge in [0, 0.05) is 11.1 Å². The summed E-state index contributed by atoms with van der Waals surface area (Å²) in [6.07, 6.45) is 0. The van der Waals surface area contributed by atoms with Gasteiger partial charge in [-0.3, -0.25) is 4.79 Å². The number of carbonyl (C=O) groups is 1. The smallest absolute Gasteiger partial charge is 0.196 e. The predicted molar refractivity (Wildman–Crippen MR) is 95.4 cm³/mol. The zero-order valence-electron chi connectivity index (χ0n) is 14.9.